The van der Waals surface area contributed by atoms with E-state index in [2.05, 4.69) is 24.3 Å². The normalized spacial score (nSPS) is 9.45. The summed E-state index contributed by atoms with van der Waals surface area (Å²) in [7, 11) is 0. The van der Waals surface area contributed by atoms with Crippen molar-refractivity contribution in [2.45, 2.75) is 0 Å². The number of hydrogen-bond donors (Lipinski definition) is 2. The molecule has 0 aliphatic carbocycles. The van der Waals surface area contributed by atoms with Crippen molar-refractivity contribution in [1.29, 1.82) is 0 Å². The van der Waals surface area contributed by atoms with Crippen molar-refractivity contribution in [3.05, 3.63) is 72.8 Å². The predicted molar refractivity (Wildman–Crippen MR) is 101 cm³/mol. The molecule has 0 bridgehead atoms. The Morgan fingerprint density at radius 3 is 0.773 bits per heavy atom. The Kier molecular flexibility index (Phi) is 6.29. The summed E-state index contributed by atoms with van der Waals surface area (Å²) in [4.78, 5) is 0. The zero-order valence-corrected chi connectivity index (χ0v) is 13.5. The van der Waals surface area contributed by atoms with Gasteiger partial charge in [-0.15, -0.1) is 24.8 Å². The number of hydrogen-bond acceptors (Lipinski definition) is 2. The van der Waals surface area contributed by atoms with Crippen LogP contribution < -0.4 is 11.5 Å². The molecule has 0 heterocycles. The van der Waals surface area contributed by atoms with Crippen LogP contribution in [0.25, 0.3) is 22.3 Å². The number of halogens is 2. The molecular weight excluding hydrogens is 315 g/mol. The number of anilines is 2. The molecule has 3 aromatic carbocycles. The van der Waals surface area contributed by atoms with Crippen molar-refractivity contribution in [2.75, 3.05) is 11.5 Å². The van der Waals surface area contributed by atoms with Gasteiger partial charge in [0.15, 0.2) is 0 Å². The number of nitrogens with two attached hydrogens (primary N) is 2. The summed E-state index contributed by atoms with van der Waals surface area (Å²) < 4.78 is 0. The molecule has 0 spiro atoms. The van der Waals surface area contributed by atoms with Gasteiger partial charge in [-0.05, 0) is 46.5 Å². The topological polar surface area (TPSA) is 52.0 Å². The zero-order chi connectivity index (χ0) is 13.9. The third-order valence-electron chi connectivity index (χ3n) is 3.37. The van der Waals surface area contributed by atoms with Gasteiger partial charge in [-0.3, -0.25) is 0 Å². The van der Waals surface area contributed by atoms with Crippen LogP contribution >= 0.6 is 24.8 Å². The fraction of sp³-hybridized carbons (Fsp3) is 0. The van der Waals surface area contributed by atoms with Crippen LogP contribution in [0.4, 0.5) is 11.4 Å². The minimum Gasteiger partial charge on any atom is -0.399 e. The first-order valence-corrected chi connectivity index (χ1v) is 6.54. The van der Waals surface area contributed by atoms with Crippen LogP contribution in [0, 0.1) is 0 Å². The van der Waals surface area contributed by atoms with E-state index in [0.29, 0.717) is 0 Å². The maximum atomic E-state index is 5.71. The lowest BCUT2D eigenvalue weighted by molar-refractivity contribution is 1.58. The molecule has 0 amide bonds. The predicted octanol–water partition coefficient (Wildman–Crippen LogP) is 5.03. The van der Waals surface area contributed by atoms with Crippen LogP contribution in [0.3, 0.4) is 0 Å². The van der Waals surface area contributed by atoms with Gasteiger partial charge in [0.25, 0.3) is 0 Å². The first-order valence-electron chi connectivity index (χ1n) is 6.54. The molecule has 0 radical (unpaired) electrons. The van der Waals surface area contributed by atoms with Crippen LogP contribution in [0.15, 0.2) is 72.8 Å². The van der Waals surface area contributed by atoms with Crippen molar-refractivity contribution >= 4 is 36.2 Å². The maximum Gasteiger partial charge on any atom is 0.0314 e. The molecule has 2 nitrogen and oxygen atoms in total. The highest BCUT2D eigenvalue weighted by Crippen LogP contribution is 2.25. The first kappa shape index (κ1) is 17.9. The minimum absolute atomic E-state index is 0. The summed E-state index contributed by atoms with van der Waals surface area (Å²) in [5, 5.41) is 0. The summed E-state index contributed by atoms with van der Waals surface area (Å²) in [5.41, 5.74) is 17.7. The molecule has 0 fully saturated rings. The van der Waals surface area contributed by atoms with Gasteiger partial charge < -0.3 is 11.5 Å². The van der Waals surface area contributed by atoms with Gasteiger partial charge in [-0.2, -0.15) is 0 Å². The van der Waals surface area contributed by atoms with Crippen LogP contribution in [-0.4, -0.2) is 0 Å². The van der Waals surface area contributed by atoms with Crippen molar-refractivity contribution in [3.63, 3.8) is 0 Å². The van der Waals surface area contributed by atoms with Crippen LogP contribution in [0.1, 0.15) is 0 Å². The quantitative estimate of drug-likeness (QED) is 0.646. The molecule has 0 saturated carbocycles. The lowest BCUT2D eigenvalue weighted by atomic mass is 10.00. The molecule has 3 rings (SSSR count). The summed E-state index contributed by atoms with van der Waals surface area (Å²) >= 11 is 0. The monoisotopic (exact) mass is 332 g/mol. The first-order chi connectivity index (χ1) is 9.72. The lowest BCUT2D eigenvalue weighted by Gasteiger charge is -2.06. The number of rotatable bonds is 2. The van der Waals surface area contributed by atoms with Gasteiger partial charge in [0.2, 0.25) is 0 Å². The Bertz CT molecular complexity index is 641. The van der Waals surface area contributed by atoms with E-state index in [-0.39, 0.29) is 24.8 Å². The number of nitrogen functional groups attached to an aromatic ring is 2. The summed E-state index contributed by atoms with van der Waals surface area (Å²) in [6.45, 7) is 0. The van der Waals surface area contributed by atoms with Crippen LogP contribution in [0.2, 0.25) is 0 Å². The lowest BCUT2D eigenvalue weighted by Crippen LogP contribution is -1.85. The second kappa shape index (κ2) is 7.74. The van der Waals surface area contributed by atoms with Crippen LogP contribution in [-0.2, 0) is 0 Å². The van der Waals surface area contributed by atoms with Crippen molar-refractivity contribution in [1.82, 2.24) is 0 Å². The summed E-state index contributed by atoms with van der Waals surface area (Å²) in [6.07, 6.45) is 0. The fourth-order valence-corrected chi connectivity index (χ4v) is 2.21. The van der Waals surface area contributed by atoms with Crippen molar-refractivity contribution in [3.8, 4) is 22.3 Å². The molecule has 0 saturated heterocycles. The van der Waals surface area contributed by atoms with Crippen molar-refractivity contribution < 1.29 is 0 Å². The summed E-state index contributed by atoms with van der Waals surface area (Å²) in [6, 6.07) is 24.3. The molecule has 0 aliphatic rings. The Balaban J connectivity index is 0.00000121. The second-order valence-electron chi connectivity index (χ2n) is 4.82. The molecule has 4 N–H and O–H groups in total. The second-order valence-corrected chi connectivity index (χ2v) is 4.82. The van der Waals surface area contributed by atoms with E-state index in [9.17, 15) is 0 Å². The molecule has 0 atom stereocenters. The van der Waals surface area contributed by atoms with E-state index in [1.54, 1.807) is 0 Å². The molecular formula is C18H18Cl2N2. The van der Waals surface area contributed by atoms with E-state index in [1.807, 2.05) is 48.5 Å². The molecule has 0 aromatic heterocycles. The smallest absolute Gasteiger partial charge is 0.0314 e. The van der Waals surface area contributed by atoms with E-state index in [1.165, 1.54) is 22.3 Å². The Hall–Kier alpha value is -2.16. The largest absolute Gasteiger partial charge is 0.399 e. The number of benzene rings is 3. The third kappa shape index (κ3) is 3.94. The van der Waals surface area contributed by atoms with Crippen LogP contribution in [0.5, 0.6) is 0 Å². The van der Waals surface area contributed by atoms with E-state index >= 15 is 0 Å². The zero-order valence-electron chi connectivity index (χ0n) is 11.9. The van der Waals surface area contributed by atoms with E-state index in [0.717, 1.165) is 11.4 Å². The highest BCUT2D eigenvalue weighted by Gasteiger charge is 2.00. The Labute approximate surface area is 143 Å². The SMILES string of the molecule is Cl.Cl.Nc1ccc(-c2ccc(-c3ccc(N)cc3)cc2)cc1. The molecule has 0 aliphatic heterocycles. The molecule has 114 valence electrons. The van der Waals surface area contributed by atoms with Gasteiger partial charge in [-0.25, -0.2) is 0 Å². The standard InChI is InChI=1S/C18H16N2.2ClH/c19-17-9-5-15(6-10-17)13-1-2-14(4-3-13)16-7-11-18(20)12-8-16;;/h1-12H,19-20H2;2*1H. The maximum absolute atomic E-state index is 5.71. The molecule has 3 aromatic rings. The molecule has 0 unspecified atom stereocenters. The van der Waals surface area contributed by atoms with E-state index in [4.69, 9.17) is 11.5 Å². The van der Waals surface area contributed by atoms with E-state index < -0.39 is 0 Å². The Morgan fingerprint density at radius 2 is 0.545 bits per heavy atom. The highest BCUT2D eigenvalue weighted by molar-refractivity contribution is 5.85. The van der Waals surface area contributed by atoms with Crippen molar-refractivity contribution in [2.24, 2.45) is 0 Å². The average molecular weight is 333 g/mol. The van der Waals surface area contributed by atoms with Gasteiger partial charge in [0.1, 0.15) is 0 Å². The Morgan fingerprint density at radius 1 is 0.364 bits per heavy atom. The van der Waals surface area contributed by atoms with Gasteiger partial charge in [0, 0.05) is 11.4 Å². The fourth-order valence-electron chi connectivity index (χ4n) is 2.21. The average Bonchev–Trinajstić information content (AvgIpc) is 2.49. The minimum atomic E-state index is 0. The van der Waals surface area contributed by atoms with Gasteiger partial charge >= 0.3 is 0 Å². The van der Waals surface area contributed by atoms with Gasteiger partial charge in [-0.1, -0.05) is 48.5 Å². The third-order valence-corrected chi connectivity index (χ3v) is 3.37. The highest BCUT2D eigenvalue weighted by atomic mass is 35.5. The van der Waals surface area contributed by atoms with Gasteiger partial charge in [0.05, 0.1) is 0 Å². The molecule has 4 heteroatoms. The molecule has 22 heavy (non-hydrogen) atoms. The summed E-state index contributed by atoms with van der Waals surface area (Å²) in [5.74, 6) is 0.